The lowest BCUT2D eigenvalue weighted by molar-refractivity contribution is -0.272. The van der Waals surface area contributed by atoms with Gasteiger partial charge in [0.25, 0.3) is 0 Å². The maximum Gasteiger partial charge on any atom is 0.302 e. The number of hydrogen-bond donors (Lipinski definition) is 0. The van der Waals surface area contributed by atoms with Gasteiger partial charge < -0.3 is 14.2 Å². The number of Topliss-reactive ketones (excluding diaryl/α,β-unsaturated/α-hetero) is 1. The number of esters is 1. The van der Waals surface area contributed by atoms with E-state index < -0.39 is 5.79 Å². The zero-order valence-corrected chi connectivity index (χ0v) is 21.8. The molecule has 0 N–H and O–H groups in total. The number of ketones is 1. The monoisotopic (exact) mass is 472 g/mol. The first-order chi connectivity index (χ1) is 16.1. The molecule has 6 rings (SSSR count). The molecular formula is C29H44O5. The lowest BCUT2D eigenvalue weighted by Crippen LogP contribution is -2.58. The van der Waals surface area contributed by atoms with Crippen LogP contribution in [0.3, 0.4) is 0 Å². The van der Waals surface area contributed by atoms with Crippen LogP contribution in [-0.2, 0) is 23.8 Å². The van der Waals surface area contributed by atoms with Crippen LogP contribution in [0.5, 0.6) is 0 Å². The van der Waals surface area contributed by atoms with E-state index in [0.717, 1.165) is 51.6 Å². The fraction of sp³-hybridized carbons (Fsp3) is 0.931. The van der Waals surface area contributed by atoms with Crippen molar-refractivity contribution in [3.8, 4) is 0 Å². The molecule has 2 heterocycles. The first-order valence-corrected chi connectivity index (χ1v) is 14.1. The van der Waals surface area contributed by atoms with Gasteiger partial charge in [-0.05, 0) is 80.0 Å². The minimum Gasteiger partial charge on any atom is -0.463 e. The molecule has 0 radical (unpaired) electrons. The highest BCUT2D eigenvalue weighted by Gasteiger charge is 2.71. The number of rotatable bonds is 1. The van der Waals surface area contributed by atoms with Gasteiger partial charge in [-0.25, -0.2) is 0 Å². The molecule has 190 valence electrons. The SMILES string of the molecule is CC(=O)O[C@@H]1CC[C@@]2(C)[C@@H](CC[C@@H]3[C@H]2CC(=O)[C@]2(C)[C@@H]4[C@H](C[C@H]32)O[C@]2(CC[C@@H](C)CO2)[C@H]4C)C1. The Morgan fingerprint density at radius 1 is 1.03 bits per heavy atom. The molecule has 6 fully saturated rings. The Morgan fingerprint density at radius 2 is 1.82 bits per heavy atom. The van der Waals surface area contributed by atoms with Crippen LogP contribution in [0.25, 0.3) is 0 Å². The summed E-state index contributed by atoms with van der Waals surface area (Å²) in [6.45, 7) is 11.6. The van der Waals surface area contributed by atoms with Crippen LogP contribution in [0.2, 0.25) is 0 Å². The molecule has 0 aromatic heterocycles. The van der Waals surface area contributed by atoms with Crippen molar-refractivity contribution < 1.29 is 23.8 Å². The summed E-state index contributed by atoms with van der Waals surface area (Å²) in [4.78, 5) is 25.7. The second-order valence-corrected chi connectivity index (χ2v) is 13.5. The van der Waals surface area contributed by atoms with Crippen LogP contribution >= 0.6 is 0 Å². The highest BCUT2D eigenvalue weighted by molar-refractivity contribution is 5.87. The fourth-order valence-corrected chi connectivity index (χ4v) is 10.3. The zero-order chi connectivity index (χ0) is 24.0. The highest BCUT2D eigenvalue weighted by Crippen LogP contribution is 2.70. The topological polar surface area (TPSA) is 61.8 Å². The predicted octanol–water partition coefficient (Wildman–Crippen LogP) is 5.54. The number of carbonyl (C=O) groups is 2. The average Bonchev–Trinajstić information content (AvgIpc) is 3.23. The van der Waals surface area contributed by atoms with Crippen LogP contribution in [-0.4, -0.2) is 36.4 Å². The molecule has 34 heavy (non-hydrogen) atoms. The van der Waals surface area contributed by atoms with E-state index in [1.165, 1.54) is 19.8 Å². The van der Waals surface area contributed by atoms with Crippen LogP contribution in [0.15, 0.2) is 0 Å². The first-order valence-electron chi connectivity index (χ1n) is 14.1. The molecule has 0 aromatic carbocycles. The Morgan fingerprint density at radius 3 is 2.53 bits per heavy atom. The van der Waals surface area contributed by atoms with E-state index >= 15 is 0 Å². The number of carbonyl (C=O) groups excluding carboxylic acids is 2. The summed E-state index contributed by atoms with van der Waals surface area (Å²) in [5.74, 6) is 3.07. The van der Waals surface area contributed by atoms with Crippen molar-refractivity contribution in [2.75, 3.05) is 6.61 Å². The van der Waals surface area contributed by atoms with Gasteiger partial charge in [-0.1, -0.05) is 27.7 Å². The van der Waals surface area contributed by atoms with E-state index in [2.05, 4.69) is 27.7 Å². The van der Waals surface area contributed by atoms with E-state index in [0.29, 0.717) is 35.4 Å². The summed E-state index contributed by atoms with van der Waals surface area (Å²) in [5.41, 5.74) is -0.0934. The van der Waals surface area contributed by atoms with Gasteiger partial charge in [-0.2, -0.15) is 0 Å². The molecule has 0 aromatic rings. The molecule has 0 unspecified atom stereocenters. The van der Waals surface area contributed by atoms with Crippen molar-refractivity contribution in [1.29, 1.82) is 0 Å². The van der Waals surface area contributed by atoms with Gasteiger partial charge in [0.05, 0.1) is 12.7 Å². The third kappa shape index (κ3) is 3.11. The first kappa shape index (κ1) is 23.5. The van der Waals surface area contributed by atoms with Gasteiger partial charge >= 0.3 is 5.97 Å². The van der Waals surface area contributed by atoms with Crippen molar-refractivity contribution in [2.24, 2.45) is 52.3 Å². The molecule has 2 saturated heterocycles. The molecule has 12 atom stereocenters. The predicted molar refractivity (Wildman–Crippen MR) is 128 cm³/mol. The maximum absolute atomic E-state index is 14.1. The quantitative estimate of drug-likeness (QED) is 0.469. The summed E-state index contributed by atoms with van der Waals surface area (Å²) in [6.07, 6.45) is 9.47. The molecule has 5 heteroatoms. The number of ether oxygens (including phenoxy) is 3. The Bertz CT molecular complexity index is 861. The third-order valence-electron chi connectivity index (χ3n) is 12.1. The van der Waals surface area contributed by atoms with E-state index in [9.17, 15) is 9.59 Å². The second kappa shape index (κ2) is 7.78. The van der Waals surface area contributed by atoms with Gasteiger partial charge in [0.1, 0.15) is 11.9 Å². The summed E-state index contributed by atoms with van der Waals surface area (Å²) in [5, 5.41) is 0. The molecule has 0 amide bonds. The van der Waals surface area contributed by atoms with Crippen LogP contribution < -0.4 is 0 Å². The largest absolute Gasteiger partial charge is 0.463 e. The zero-order valence-electron chi connectivity index (χ0n) is 21.8. The standard InChI is InChI=1S/C29H44O5/c1-16-8-11-29(32-15-16)17(2)26-24(34-29)13-23-21-7-6-19-12-20(33-18(3)30)9-10-27(19,4)22(21)14-25(31)28(23,26)5/h16-17,19-24,26H,6-15H2,1-5H3/t16-,17+,19+,20-,21-,22-,23-,24+,26+,27+,28-,29-/m1/s1. The molecule has 4 saturated carbocycles. The smallest absolute Gasteiger partial charge is 0.302 e. The molecule has 0 bridgehead atoms. The Kier molecular flexibility index (Phi) is 5.37. The van der Waals surface area contributed by atoms with Crippen molar-refractivity contribution in [1.82, 2.24) is 0 Å². The van der Waals surface area contributed by atoms with E-state index in [-0.39, 0.29) is 40.8 Å². The van der Waals surface area contributed by atoms with Gasteiger partial charge in [-0.15, -0.1) is 0 Å². The maximum atomic E-state index is 14.1. The van der Waals surface area contributed by atoms with Crippen molar-refractivity contribution in [2.45, 2.75) is 110 Å². The van der Waals surface area contributed by atoms with Crippen LogP contribution in [0.4, 0.5) is 0 Å². The Balaban J connectivity index is 1.25. The summed E-state index contributed by atoms with van der Waals surface area (Å²) >= 11 is 0. The van der Waals surface area contributed by atoms with E-state index in [1.807, 2.05) is 0 Å². The molecule has 1 spiro atoms. The Labute approximate surface area is 205 Å². The second-order valence-electron chi connectivity index (χ2n) is 13.5. The van der Waals surface area contributed by atoms with Crippen molar-refractivity contribution >= 4 is 11.8 Å². The lowest BCUT2D eigenvalue weighted by atomic mass is 9.44. The summed E-state index contributed by atoms with van der Waals surface area (Å²) < 4.78 is 18.8. The number of fused-ring (bicyclic) bond motifs is 7. The molecule has 6 aliphatic rings. The van der Waals surface area contributed by atoms with Gasteiger partial charge in [-0.3, -0.25) is 9.59 Å². The fourth-order valence-electron chi connectivity index (χ4n) is 10.3. The van der Waals surface area contributed by atoms with Crippen molar-refractivity contribution in [3.63, 3.8) is 0 Å². The third-order valence-corrected chi connectivity index (χ3v) is 12.1. The number of hydrogen-bond acceptors (Lipinski definition) is 5. The minimum atomic E-state index is -0.467. The van der Waals surface area contributed by atoms with Gasteiger partial charge in [0.15, 0.2) is 5.79 Å². The van der Waals surface area contributed by atoms with E-state index in [1.54, 1.807) is 0 Å². The lowest BCUT2D eigenvalue weighted by Gasteiger charge is -2.60. The van der Waals surface area contributed by atoms with E-state index in [4.69, 9.17) is 14.2 Å². The van der Waals surface area contributed by atoms with Gasteiger partial charge in [0.2, 0.25) is 0 Å². The average molecular weight is 473 g/mol. The molecule has 4 aliphatic carbocycles. The minimum absolute atomic E-state index is 0.0613. The molecule has 2 aliphatic heterocycles. The van der Waals surface area contributed by atoms with Crippen LogP contribution in [0, 0.1) is 52.3 Å². The van der Waals surface area contributed by atoms with Crippen molar-refractivity contribution in [3.05, 3.63) is 0 Å². The van der Waals surface area contributed by atoms with Crippen LogP contribution in [0.1, 0.15) is 92.4 Å². The van der Waals surface area contributed by atoms with Gasteiger partial charge in [0, 0.05) is 37.0 Å². The molecule has 5 nitrogen and oxygen atoms in total. The highest BCUT2D eigenvalue weighted by atomic mass is 16.7. The summed E-state index contributed by atoms with van der Waals surface area (Å²) in [6, 6.07) is 0. The summed E-state index contributed by atoms with van der Waals surface area (Å²) in [7, 11) is 0. The normalized spacial score (nSPS) is 56.4. The Hall–Kier alpha value is -0.940. The molecular weight excluding hydrogens is 428 g/mol.